The van der Waals surface area contributed by atoms with Crippen molar-refractivity contribution in [3.63, 3.8) is 0 Å². The molecule has 2 heteroatoms. The highest BCUT2D eigenvalue weighted by atomic mass is 15.6. The molecule has 1 aliphatic heterocycles. The molecule has 1 heterocycles. The van der Waals surface area contributed by atoms with Gasteiger partial charge in [-0.1, -0.05) is 12.8 Å². The van der Waals surface area contributed by atoms with Gasteiger partial charge in [-0.3, -0.25) is 0 Å². The maximum atomic E-state index is 2.48. The van der Waals surface area contributed by atoms with Crippen molar-refractivity contribution in [2.75, 3.05) is 13.6 Å². The van der Waals surface area contributed by atoms with E-state index < -0.39 is 0 Å². The van der Waals surface area contributed by atoms with E-state index in [1.807, 2.05) is 0 Å². The molecule has 0 saturated heterocycles. The van der Waals surface area contributed by atoms with E-state index >= 15 is 0 Å². The molecule has 0 aromatic rings. The van der Waals surface area contributed by atoms with Crippen LogP contribution in [0, 0.1) is 0 Å². The number of hydrazine groups is 1. The maximum Gasteiger partial charge on any atom is 0.0453 e. The summed E-state index contributed by atoms with van der Waals surface area (Å²) in [6, 6.07) is 0.800. The van der Waals surface area contributed by atoms with Crippen molar-refractivity contribution in [2.45, 2.75) is 38.6 Å². The quantitative estimate of drug-likeness (QED) is 0.588. The highest BCUT2D eigenvalue weighted by molar-refractivity contribution is 5.05. The summed E-state index contributed by atoms with van der Waals surface area (Å²) in [6.07, 6.45) is 7.92. The number of likely N-dealkylation sites (N-methyl/N-ethyl adjacent to an activating group) is 1. The van der Waals surface area contributed by atoms with Gasteiger partial charge in [-0.25, -0.2) is 5.01 Å². The van der Waals surface area contributed by atoms with Crippen molar-refractivity contribution in [1.29, 1.82) is 0 Å². The van der Waals surface area contributed by atoms with E-state index in [1.54, 1.807) is 0 Å². The summed E-state index contributed by atoms with van der Waals surface area (Å²) >= 11 is 0. The van der Waals surface area contributed by atoms with Crippen LogP contribution in [0.3, 0.4) is 0 Å². The Balaban J connectivity index is 2.05. The third-order valence-corrected chi connectivity index (χ3v) is 3.05. The molecule has 2 rings (SSSR count). The molecule has 1 aliphatic carbocycles. The molecule has 1 saturated carbocycles. The molecule has 0 atom stereocenters. The summed E-state index contributed by atoms with van der Waals surface area (Å²) in [5, 5.41) is 4.82. The molecule has 0 unspecified atom stereocenters. The predicted molar refractivity (Wildman–Crippen MR) is 50.5 cm³/mol. The van der Waals surface area contributed by atoms with Gasteiger partial charge in [0, 0.05) is 25.3 Å². The van der Waals surface area contributed by atoms with Crippen LogP contribution in [0.25, 0.3) is 0 Å². The molecule has 0 aromatic heterocycles. The first-order valence-corrected chi connectivity index (χ1v) is 4.96. The number of hydrogen-bond donors (Lipinski definition) is 0. The highest BCUT2D eigenvalue weighted by Gasteiger charge is 2.27. The maximum absolute atomic E-state index is 2.48. The molecule has 1 fully saturated rings. The first kappa shape index (κ1) is 8.11. The van der Waals surface area contributed by atoms with Gasteiger partial charge >= 0.3 is 0 Å². The Morgan fingerprint density at radius 2 is 2.00 bits per heavy atom. The van der Waals surface area contributed by atoms with E-state index in [0.717, 1.165) is 12.6 Å². The van der Waals surface area contributed by atoms with Gasteiger partial charge in [0.25, 0.3) is 0 Å². The van der Waals surface area contributed by atoms with Crippen molar-refractivity contribution in [2.24, 2.45) is 0 Å². The van der Waals surface area contributed by atoms with Crippen LogP contribution < -0.4 is 0 Å². The molecule has 2 nitrogen and oxygen atoms in total. The lowest BCUT2D eigenvalue weighted by molar-refractivity contribution is 0.0271. The van der Waals surface area contributed by atoms with Crippen molar-refractivity contribution in [1.82, 2.24) is 10.0 Å². The molecular formula is C10H18N2. The average molecular weight is 166 g/mol. The van der Waals surface area contributed by atoms with Crippen LogP contribution in [0.4, 0.5) is 0 Å². The zero-order chi connectivity index (χ0) is 8.55. The molecule has 0 aromatic carbocycles. The Bertz CT molecular complexity index is 192. The van der Waals surface area contributed by atoms with Crippen molar-refractivity contribution >= 4 is 0 Å². The average Bonchev–Trinajstić information content (AvgIpc) is 2.61. The lowest BCUT2D eigenvalue weighted by Crippen LogP contribution is -2.40. The molecule has 0 radical (unpaired) electrons. The van der Waals surface area contributed by atoms with E-state index in [2.05, 4.69) is 30.1 Å². The first-order valence-electron chi connectivity index (χ1n) is 4.96. The molecular weight excluding hydrogens is 148 g/mol. The van der Waals surface area contributed by atoms with Crippen molar-refractivity contribution in [3.8, 4) is 0 Å². The summed E-state index contributed by atoms with van der Waals surface area (Å²) in [6.45, 7) is 3.32. The van der Waals surface area contributed by atoms with Crippen LogP contribution in [0.5, 0.6) is 0 Å². The molecule has 2 aliphatic rings. The van der Waals surface area contributed by atoms with Crippen molar-refractivity contribution in [3.05, 3.63) is 11.8 Å². The zero-order valence-electron chi connectivity index (χ0n) is 8.08. The smallest absolute Gasteiger partial charge is 0.0453 e. The standard InChI is InChI=1S/C10H18N2/c1-9-7-8-11(2)12(9)10-5-3-4-6-10/h7,10H,3-6,8H2,1-2H3. The van der Waals surface area contributed by atoms with Crippen LogP contribution in [-0.4, -0.2) is 29.7 Å². The number of allylic oxidation sites excluding steroid dienone is 1. The van der Waals surface area contributed by atoms with Crippen molar-refractivity contribution < 1.29 is 0 Å². The lowest BCUT2D eigenvalue weighted by Gasteiger charge is -2.34. The summed E-state index contributed by atoms with van der Waals surface area (Å²) in [4.78, 5) is 0. The largest absolute Gasteiger partial charge is 0.307 e. The van der Waals surface area contributed by atoms with E-state index in [1.165, 1.54) is 31.4 Å². The second-order valence-electron chi connectivity index (χ2n) is 3.97. The Hall–Kier alpha value is -0.500. The van der Waals surface area contributed by atoms with Crippen LogP contribution in [0.2, 0.25) is 0 Å². The fourth-order valence-electron chi connectivity index (χ4n) is 2.43. The molecule has 68 valence electrons. The van der Waals surface area contributed by atoms with Crippen LogP contribution in [0.15, 0.2) is 11.8 Å². The minimum absolute atomic E-state index is 0.800. The van der Waals surface area contributed by atoms with E-state index in [0.29, 0.717) is 0 Å². The van der Waals surface area contributed by atoms with E-state index in [4.69, 9.17) is 0 Å². The Morgan fingerprint density at radius 3 is 2.50 bits per heavy atom. The number of rotatable bonds is 1. The topological polar surface area (TPSA) is 6.48 Å². The molecule has 0 N–H and O–H groups in total. The van der Waals surface area contributed by atoms with Gasteiger partial charge in [-0.15, -0.1) is 0 Å². The Morgan fingerprint density at radius 1 is 1.33 bits per heavy atom. The van der Waals surface area contributed by atoms with Gasteiger partial charge in [0.1, 0.15) is 0 Å². The van der Waals surface area contributed by atoms with E-state index in [-0.39, 0.29) is 0 Å². The highest BCUT2D eigenvalue weighted by Crippen LogP contribution is 2.29. The summed E-state index contributed by atoms with van der Waals surface area (Å²) in [5.41, 5.74) is 1.45. The molecule has 0 bridgehead atoms. The van der Waals surface area contributed by atoms with Crippen LogP contribution in [0.1, 0.15) is 32.6 Å². The Kier molecular flexibility index (Phi) is 2.09. The zero-order valence-corrected chi connectivity index (χ0v) is 8.08. The van der Waals surface area contributed by atoms with Gasteiger partial charge < -0.3 is 5.01 Å². The number of nitrogens with zero attached hydrogens (tertiary/aromatic N) is 2. The monoisotopic (exact) mass is 166 g/mol. The van der Waals surface area contributed by atoms with Gasteiger partial charge in [-0.2, -0.15) is 0 Å². The van der Waals surface area contributed by atoms with Gasteiger partial charge in [0.15, 0.2) is 0 Å². The van der Waals surface area contributed by atoms with E-state index in [9.17, 15) is 0 Å². The molecule has 12 heavy (non-hydrogen) atoms. The third-order valence-electron chi connectivity index (χ3n) is 3.05. The SMILES string of the molecule is CC1=CCN(C)N1C1CCCC1. The summed E-state index contributed by atoms with van der Waals surface area (Å²) < 4.78 is 0. The van der Waals surface area contributed by atoms with Gasteiger partial charge in [0.05, 0.1) is 0 Å². The minimum atomic E-state index is 0.800. The van der Waals surface area contributed by atoms with Crippen LogP contribution >= 0.6 is 0 Å². The fourth-order valence-corrected chi connectivity index (χ4v) is 2.43. The normalized spacial score (nSPS) is 26.8. The second-order valence-corrected chi connectivity index (χ2v) is 3.97. The van der Waals surface area contributed by atoms with Gasteiger partial charge in [-0.05, 0) is 25.8 Å². The summed E-state index contributed by atoms with van der Waals surface area (Å²) in [7, 11) is 2.19. The Labute approximate surface area is 74.8 Å². The third kappa shape index (κ3) is 1.24. The molecule has 0 spiro atoms. The first-order chi connectivity index (χ1) is 5.79. The minimum Gasteiger partial charge on any atom is -0.307 e. The summed E-state index contributed by atoms with van der Waals surface area (Å²) in [5.74, 6) is 0. The van der Waals surface area contributed by atoms with Gasteiger partial charge in [0.2, 0.25) is 0 Å². The number of hydrogen-bond acceptors (Lipinski definition) is 2. The fraction of sp³-hybridized carbons (Fsp3) is 0.800. The predicted octanol–water partition coefficient (Wildman–Crippen LogP) is 2.00. The van der Waals surface area contributed by atoms with Crippen LogP contribution in [-0.2, 0) is 0 Å². The second kappa shape index (κ2) is 3.09. The molecule has 0 amide bonds. The lowest BCUT2D eigenvalue weighted by atomic mass is 10.2.